The van der Waals surface area contributed by atoms with E-state index in [1.54, 1.807) is 13.1 Å². The van der Waals surface area contributed by atoms with E-state index in [1.165, 1.54) is 10.6 Å². The van der Waals surface area contributed by atoms with E-state index >= 15 is 0 Å². The molecule has 0 aliphatic carbocycles. The van der Waals surface area contributed by atoms with E-state index in [0.29, 0.717) is 18.5 Å². The first-order chi connectivity index (χ1) is 11.5. The predicted octanol–water partition coefficient (Wildman–Crippen LogP) is 3.78. The minimum absolute atomic E-state index is 0.0411. The predicted molar refractivity (Wildman–Crippen MR) is 94.8 cm³/mol. The van der Waals surface area contributed by atoms with Gasteiger partial charge in [0, 0.05) is 24.6 Å². The summed E-state index contributed by atoms with van der Waals surface area (Å²) < 4.78 is 1.47. The number of benzene rings is 1. The number of carbonyl (C=O) groups excluding carboxylic acids is 2. The molecule has 0 N–H and O–H groups in total. The highest BCUT2D eigenvalue weighted by atomic mass is 16.1. The number of hydrogen-bond donors (Lipinski definition) is 0. The highest BCUT2D eigenvalue weighted by Gasteiger charge is 2.16. The molecule has 0 saturated heterocycles. The largest absolute Gasteiger partial charge is 0.310 e. The zero-order chi connectivity index (χ0) is 17.7. The molecule has 126 valence electrons. The summed E-state index contributed by atoms with van der Waals surface area (Å²) >= 11 is 0. The topological polar surface area (TPSA) is 56.1 Å². The number of hydrogen-bond acceptors (Lipinski definition) is 3. The number of aryl methyl sites for hydroxylation is 1. The second-order valence-electron chi connectivity index (χ2n) is 6.01. The summed E-state index contributed by atoms with van der Waals surface area (Å²) in [5.41, 5.74) is 2.26. The van der Waals surface area contributed by atoms with Crippen LogP contribution in [-0.4, -0.2) is 16.1 Å². The van der Waals surface area contributed by atoms with Crippen molar-refractivity contribution in [1.29, 1.82) is 0 Å². The molecule has 2 aromatic rings. The first-order valence-electron chi connectivity index (χ1n) is 8.32. The standard InChI is InChI=1S/C20H23NO3/c1-4-7-19(23)16-11-17(18(22)5-2)20(24)21(13-16)12-15-9-6-8-14(3)10-15/h6,8-11,13H,4-5,7,12H2,1-3H3. The number of nitrogens with zero attached hydrogens (tertiary/aromatic N) is 1. The maximum absolute atomic E-state index is 12.6. The third-order valence-electron chi connectivity index (χ3n) is 3.94. The minimum Gasteiger partial charge on any atom is -0.310 e. The molecule has 0 fully saturated rings. The van der Waals surface area contributed by atoms with Gasteiger partial charge in [0.2, 0.25) is 0 Å². The van der Waals surface area contributed by atoms with Crippen LogP contribution >= 0.6 is 0 Å². The Labute approximate surface area is 142 Å². The summed E-state index contributed by atoms with van der Waals surface area (Å²) in [6.45, 7) is 5.98. The van der Waals surface area contributed by atoms with Gasteiger partial charge in [-0.1, -0.05) is 43.7 Å². The number of pyridine rings is 1. The molecule has 0 saturated carbocycles. The molecule has 0 unspecified atom stereocenters. The van der Waals surface area contributed by atoms with E-state index < -0.39 is 0 Å². The summed E-state index contributed by atoms with van der Waals surface area (Å²) in [4.78, 5) is 37.0. The second-order valence-corrected chi connectivity index (χ2v) is 6.01. The fraction of sp³-hybridized carbons (Fsp3) is 0.350. The van der Waals surface area contributed by atoms with Crippen LogP contribution in [0, 0.1) is 6.92 Å². The molecule has 0 amide bonds. The Kier molecular flexibility index (Phi) is 5.85. The van der Waals surface area contributed by atoms with E-state index in [2.05, 4.69) is 0 Å². The Morgan fingerprint density at radius 2 is 1.83 bits per heavy atom. The van der Waals surface area contributed by atoms with E-state index in [1.807, 2.05) is 38.1 Å². The molecule has 4 nitrogen and oxygen atoms in total. The third-order valence-corrected chi connectivity index (χ3v) is 3.94. The molecule has 4 heteroatoms. The van der Waals surface area contributed by atoms with Crippen LogP contribution in [0.15, 0.2) is 41.3 Å². The van der Waals surface area contributed by atoms with Gasteiger partial charge in [-0.3, -0.25) is 14.4 Å². The highest BCUT2D eigenvalue weighted by Crippen LogP contribution is 2.11. The molecular formula is C20H23NO3. The Hall–Kier alpha value is -2.49. The Morgan fingerprint density at radius 3 is 2.46 bits per heavy atom. The summed E-state index contributed by atoms with van der Waals surface area (Å²) in [6, 6.07) is 9.30. The summed E-state index contributed by atoms with van der Waals surface area (Å²) in [7, 11) is 0. The zero-order valence-electron chi connectivity index (χ0n) is 14.5. The van der Waals surface area contributed by atoms with Crippen LogP contribution in [0.25, 0.3) is 0 Å². The molecule has 1 aromatic heterocycles. The van der Waals surface area contributed by atoms with Gasteiger partial charge in [-0.05, 0) is 25.0 Å². The molecule has 0 aliphatic rings. The van der Waals surface area contributed by atoms with Crippen LogP contribution in [0.5, 0.6) is 0 Å². The lowest BCUT2D eigenvalue weighted by molar-refractivity contribution is 0.0981. The van der Waals surface area contributed by atoms with Gasteiger partial charge < -0.3 is 4.57 Å². The SMILES string of the molecule is CCCC(=O)c1cc(C(=O)CC)c(=O)n(Cc2cccc(C)c2)c1. The van der Waals surface area contributed by atoms with Crippen LogP contribution in [0.2, 0.25) is 0 Å². The first-order valence-corrected chi connectivity index (χ1v) is 8.32. The van der Waals surface area contributed by atoms with Crippen molar-refractivity contribution >= 4 is 11.6 Å². The summed E-state index contributed by atoms with van der Waals surface area (Å²) in [5, 5.41) is 0. The molecule has 1 aromatic carbocycles. The Bertz CT molecular complexity index is 818. The average Bonchev–Trinajstić information content (AvgIpc) is 2.56. The monoisotopic (exact) mass is 325 g/mol. The van der Waals surface area contributed by atoms with E-state index in [-0.39, 0.29) is 29.1 Å². The van der Waals surface area contributed by atoms with E-state index in [4.69, 9.17) is 0 Å². The Balaban J connectivity index is 2.52. The van der Waals surface area contributed by atoms with Crippen LogP contribution in [0.1, 0.15) is 65.0 Å². The molecule has 0 aliphatic heterocycles. The molecule has 0 bridgehead atoms. The van der Waals surface area contributed by atoms with Gasteiger partial charge in [-0.2, -0.15) is 0 Å². The average molecular weight is 325 g/mol. The van der Waals surface area contributed by atoms with Crippen molar-refractivity contribution in [2.75, 3.05) is 0 Å². The Morgan fingerprint density at radius 1 is 1.08 bits per heavy atom. The number of ketones is 2. The molecule has 0 atom stereocenters. The summed E-state index contributed by atoms with van der Waals surface area (Å²) in [5.74, 6) is -0.273. The molecule has 0 spiro atoms. The fourth-order valence-corrected chi connectivity index (χ4v) is 2.67. The smallest absolute Gasteiger partial charge is 0.261 e. The highest BCUT2D eigenvalue weighted by molar-refractivity contribution is 6.00. The van der Waals surface area contributed by atoms with Crippen molar-refractivity contribution in [1.82, 2.24) is 4.57 Å². The van der Waals surface area contributed by atoms with Crippen molar-refractivity contribution in [2.45, 2.75) is 46.6 Å². The van der Waals surface area contributed by atoms with Gasteiger partial charge in [-0.15, -0.1) is 0 Å². The third kappa shape index (κ3) is 4.07. The van der Waals surface area contributed by atoms with Gasteiger partial charge >= 0.3 is 0 Å². The molecule has 1 heterocycles. The minimum atomic E-state index is -0.337. The van der Waals surface area contributed by atoms with Gasteiger partial charge in [0.25, 0.3) is 5.56 Å². The van der Waals surface area contributed by atoms with E-state index in [0.717, 1.165) is 17.5 Å². The van der Waals surface area contributed by atoms with E-state index in [9.17, 15) is 14.4 Å². The maximum atomic E-state index is 12.6. The number of rotatable bonds is 7. The van der Waals surface area contributed by atoms with Crippen LogP contribution in [0.4, 0.5) is 0 Å². The summed E-state index contributed by atoms with van der Waals surface area (Å²) in [6.07, 6.45) is 2.95. The fourth-order valence-electron chi connectivity index (χ4n) is 2.67. The first kappa shape index (κ1) is 17.9. The lowest BCUT2D eigenvalue weighted by Gasteiger charge is -2.11. The maximum Gasteiger partial charge on any atom is 0.261 e. The number of aromatic nitrogens is 1. The quantitative estimate of drug-likeness (QED) is 0.728. The van der Waals surface area contributed by atoms with Crippen LogP contribution < -0.4 is 5.56 Å². The van der Waals surface area contributed by atoms with Crippen molar-refractivity contribution in [2.24, 2.45) is 0 Å². The molecular weight excluding hydrogens is 302 g/mol. The van der Waals surface area contributed by atoms with Crippen molar-refractivity contribution in [3.63, 3.8) is 0 Å². The van der Waals surface area contributed by atoms with Crippen molar-refractivity contribution in [3.8, 4) is 0 Å². The van der Waals surface area contributed by atoms with Crippen LogP contribution in [-0.2, 0) is 6.54 Å². The normalized spacial score (nSPS) is 10.6. The lowest BCUT2D eigenvalue weighted by atomic mass is 10.0. The van der Waals surface area contributed by atoms with Gasteiger partial charge in [0.15, 0.2) is 11.6 Å². The van der Waals surface area contributed by atoms with Crippen molar-refractivity contribution < 1.29 is 9.59 Å². The van der Waals surface area contributed by atoms with Crippen molar-refractivity contribution in [3.05, 3.63) is 69.1 Å². The second kappa shape index (κ2) is 7.86. The zero-order valence-corrected chi connectivity index (χ0v) is 14.5. The van der Waals surface area contributed by atoms with Crippen LogP contribution in [0.3, 0.4) is 0 Å². The van der Waals surface area contributed by atoms with Gasteiger partial charge in [0.1, 0.15) is 0 Å². The molecule has 2 rings (SSSR count). The lowest BCUT2D eigenvalue weighted by Crippen LogP contribution is -2.28. The molecule has 0 radical (unpaired) electrons. The number of carbonyl (C=O) groups is 2. The molecule has 24 heavy (non-hydrogen) atoms. The number of Topliss-reactive ketones (excluding diaryl/α,β-unsaturated/α-hetero) is 2. The van der Waals surface area contributed by atoms with Gasteiger partial charge in [0.05, 0.1) is 12.1 Å². The van der Waals surface area contributed by atoms with Gasteiger partial charge in [-0.25, -0.2) is 0 Å².